The summed E-state index contributed by atoms with van der Waals surface area (Å²) >= 11 is 0. The number of anilines is 3. The van der Waals surface area contributed by atoms with Gasteiger partial charge >= 0.3 is 0 Å². The van der Waals surface area contributed by atoms with Gasteiger partial charge in [-0.3, -0.25) is 4.98 Å². The average molecular weight is 402 g/mol. The fourth-order valence-electron chi connectivity index (χ4n) is 4.26. The Kier molecular flexibility index (Phi) is 5.22. The van der Waals surface area contributed by atoms with Crippen LogP contribution in [0.3, 0.4) is 0 Å². The number of para-hydroxylation sites is 1. The van der Waals surface area contributed by atoms with Gasteiger partial charge < -0.3 is 9.80 Å². The zero-order valence-electron chi connectivity index (χ0n) is 19.0. The fourth-order valence-corrected chi connectivity index (χ4v) is 4.26. The lowest BCUT2D eigenvalue weighted by molar-refractivity contribution is 0.728. The van der Waals surface area contributed by atoms with Crippen LogP contribution in [0, 0.1) is 6.92 Å². The minimum Gasteiger partial charge on any atom is -0.337 e. The second-order valence-corrected chi connectivity index (χ2v) is 8.80. The molecule has 0 aliphatic carbocycles. The van der Waals surface area contributed by atoms with Crippen LogP contribution in [-0.4, -0.2) is 28.2 Å². The van der Waals surface area contributed by atoms with Gasteiger partial charge in [-0.15, -0.1) is 0 Å². The minimum atomic E-state index is 0.164. The number of rotatable bonds is 4. The summed E-state index contributed by atoms with van der Waals surface area (Å²) in [5.41, 5.74) is 7.02. The second-order valence-electron chi connectivity index (χ2n) is 8.80. The molecule has 0 fully saturated rings. The highest BCUT2D eigenvalue weighted by Crippen LogP contribution is 2.44. The lowest BCUT2D eigenvalue weighted by Gasteiger charge is -2.28. The molecule has 1 aromatic carbocycles. The smallest absolute Gasteiger partial charge is 0.162 e. The maximum absolute atomic E-state index is 5.09. The maximum atomic E-state index is 5.09. The molecule has 3 heterocycles. The van der Waals surface area contributed by atoms with Crippen LogP contribution in [-0.2, 0) is 0 Å². The van der Waals surface area contributed by atoms with Crippen molar-refractivity contribution in [2.45, 2.75) is 59.5 Å². The summed E-state index contributed by atoms with van der Waals surface area (Å²) in [5, 5.41) is 0. The number of hydrogen-bond donors (Lipinski definition) is 0. The fraction of sp³-hybridized carbons (Fsp3) is 0.400. The molecule has 1 unspecified atom stereocenters. The van der Waals surface area contributed by atoms with Gasteiger partial charge in [0.15, 0.2) is 11.6 Å². The van der Waals surface area contributed by atoms with Crippen molar-refractivity contribution >= 4 is 17.2 Å². The molecule has 0 spiro atoms. The summed E-state index contributed by atoms with van der Waals surface area (Å²) in [6, 6.07) is 8.48. The van der Waals surface area contributed by atoms with Crippen LogP contribution < -0.4 is 9.80 Å². The van der Waals surface area contributed by atoms with Gasteiger partial charge in [0.1, 0.15) is 11.9 Å². The van der Waals surface area contributed by atoms with E-state index in [4.69, 9.17) is 9.97 Å². The number of aromatic nitrogens is 3. The Morgan fingerprint density at radius 1 is 0.900 bits per heavy atom. The molecule has 4 rings (SSSR count). The SMILES string of the molecule is Cc1ccccc1N1c2cnc(-c3c(C(C)C)cncc3C(C)C)nc2N(C)C1C. The van der Waals surface area contributed by atoms with E-state index in [1.54, 1.807) is 0 Å². The zero-order valence-corrected chi connectivity index (χ0v) is 19.0. The van der Waals surface area contributed by atoms with E-state index in [-0.39, 0.29) is 6.17 Å². The number of aryl methyl sites for hydroxylation is 1. The quantitative estimate of drug-likeness (QED) is 0.534. The van der Waals surface area contributed by atoms with Crippen LogP contribution >= 0.6 is 0 Å². The maximum Gasteiger partial charge on any atom is 0.162 e. The largest absolute Gasteiger partial charge is 0.337 e. The van der Waals surface area contributed by atoms with Gasteiger partial charge in [-0.1, -0.05) is 45.9 Å². The molecule has 1 aliphatic rings. The van der Waals surface area contributed by atoms with E-state index in [2.05, 4.69) is 87.6 Å². The molecule has 5 nitrogen and oxygen atoms in total. The highest BCUT2D eigenvalue weighted by molar-refractivity contribution is 5.83. The molecule has 5 heteroatoms. The summed E-state index contributed by atoms with van der Waals surface area (Å²) in [5.74, 6) is 2.46. The van der Waals surface area contributed by atoms with E-state index >= 15 is 0 Å². The molecule has 0 radical (unpaired) electrons. The van der Waals surface area contributed by atoms with E-state index in [1.807, 2.05) is 18.6 Å². The molecule has 0 N–H and O–H groups in total. The van der Waals surface area contributed by atoms with Gasteiger partial charge in [-0.05, 0) is 48.4 Å². The van der Waals surface area contributed by atoms with E-state index in [0.717, 1.165) is 22.9 Å². The van der Waals surface area contributed by atoms with Gasteiger partial charge in [0.2, 0.25) is 0 Å². The normalized spacial score (nSPS) is 16.0. The Labute approximate surface area is 179 Å². The summed E-state index contributed by atoms with van der Waals surface area (Å²) < 4.78 is 0. The molecular formula is C25H31N5. The lowest BCUT2D eigenvalue weighted by Crippen LogP contribution is -2.36. The Morgan fingerprint density at radius 3 is 2.13 bits per heavy atom. The van der Waals surface area contributed by atoms with Gasteiger partial charge in [0, 0.05) is 30.7 Å². The summed E-state index contributed by atoms with van der Waals surface area (Å²) in [6.07, 6.45) is 6.08. The van der Waals surface area contributed by atoms with Crippen molar-refractivity contribution in [2.75, 3.05) is 16.8 Å². The second kappa shape index (κ2) is 7.71. The number of fused-ring (bicyclic) bond motifs is 1. The van der Waals surface area contributed by atoms with Crippen LogP contribution in [0.1, 0.15) is 63.1 Å². The molecule has 1 atom stereocenters. The molecule has 1 aliphatic heterocycles. The van der Waals surface area contributed by atoms with E-state index in [0.29, 0.717) is 11.8 Å². The van der Waals surface area contributed by atoms with Crippen molar-refractivity contribution in [1.29, 1.82) is 0 Å². The van der Waals surface area contributed by atoms with Gasteiger partial charge in [0.25, 0.3) is 0 Å². The van der Waals surface area contributed by atoms with Crippen molar-refractivity contribution in [3.05, 3.63) is 59.5 Å². The van der Waals surface area contributed by atoms with Gasteiger partial charge in [-0.2, -0.15) is 0 Å². The van der Waals surface area contributed by atoms with Crippen LogP contribution in [0.2, 0.25) is 0 Å². The van der Waals surface area contributed by atoms with Crippen molar-refractivity contribution in [1.82, 2.24) is 15.0 Å². The van der Waals surface area contributed by atoms with E-state index in [9.17, 15) is 0 Å². The molecule has 0 saturated heterocycles. The summed E-state index contributed by atoms with van der Waals surface area (Å²) in [7, 11) is 2.11. The van der Waals surface area contributed by atoms with E-state index in [1.165, 1.54) is 22.4 Å². The lowest BCUT2D eigenvalue weighted by atomic mass is 9.90. The Balaban J connectivity index is 1.89. The standard InChI is InChI=1S/C25H31N5/c1-15(2)19-12-26-13-20(16(3)4)23(19)24-27-14-22-25(28-24)29(7)18(6)30(22)21-11-9-8-10-17(21)5/h8-16,18H,1-7H3. The van der Waals surface area contributed by atoms with Crippen molar-refractivity contribution < 1.29 is 0 Å². The van der Waals surface area contributed by atoms with Crippen LogP contribution in [0.5, 0.6) is 0 Å². The predicted molar refractivity (Wildman–Crippen MR) is 125 cm³/mol. The molecule has 156 valence electrons. The molecule has 0 amide bonds. The molecule has 30 heavy (non-hydrogen) atoms. The molecule has 3 aromatic rings. The van der Waals surface area contributed by atoms with Gasteiger partial charge in [-0.25, -0.2) is 9.97 Å². The highest BCUT2D eigenvalue weighted by atomic mass is 15.4. The van der Waals surface area contributed by atoms with Crippen molar-refractivity contribution in [3.8, 4) is 11.4 Å². The third-order valence-corrected chi connectivity index (χ3v) is 6.13. The zero-order chi connectivity index (χ0) is 21.6. The number of benzene rings is 1. The molecule has 0 saturated carbocycles. The monoisotopic (exact) mass is 401 g/mol. The first-order chi connectivity index (χ1) is 14.3. The van der Waals surface area contributed by atoms with Crippen LogP contribution in [0.25, 0.3) is 11.4 Å². The highest BCUT2D eigenvalue weighted by Gasteiger charge is 2.34. The third-order valence-electron chi connectivity index (χ3n) is 6.13. The first-order valence-electron chi connectivity index (χ1n) is 10.7. The summed E-state index contributed by atoms with van der Waals surface area (Å²) in [4.78, 5) is 19.0. The van der Waals surface area contributed by atoms with Gasteiger partial charge in [0.05, 0.1) is 6.20 Å². The first-order valence-corrected chi connectivity index (χ1v) is 10.7. The third kappa shape index (κ3) is 3.22. The number of nitrogens with zero attached hydrogens (tertiary/aromatic N) is 5. The van der Waals surface area contributed by atoms with Crippen molar-refractivity contribution in [2.24, 2.45) is 0 Å². The average Bonchev–Trinajstić information content (AvgIpc) is 2.97. The van der Waals surface area contributed by atoms with E-state index < -0.39 is 0 Å². The number of hydrogen-bond acceptors (Lipinski definition) is 5. The van der Waals surface area contributed by atoms with Crippen LogP contribution in [0.15, 0.2) is 42.9 Å². The Bertz CT molecular complexity index is 1050. The predicted octanol–water partition coefficient (Wildman–Crippen LogP) is 6.03. The number of pyridine rings is 1. The first kappa shape index (κ1) is 20.3. The van der Waals surface area contributed by atoms with Crippen LogP contribution in [0.4, 0.5) is 17.2 Å². The van der Waals surface area contributed by atoms with Crippen molar-refractivity contribution in [3.63, 3.8) is 0 Å². The molecular weight excluding hydrogens is 370 g/mol. The molecule has 2 aromatic heterocycles. The Morgan fingerprint density at radius 2 is 1.53 bits per heavy atom. The minimum absolute atomic E-state index is 0.164. The molecule has 0 bridgehead atoms. The Hall–Kier alpha value is -2.95. The topological polar surface area (TPSA) is 45.2 Å². The summed E-state index contributed by atoms with van der Waals surface area (Å²) in [6.45, 7) is 13.2.